The number of likely N-dealkylation sites (tertiary alicyclic amines) is 1. The molecule has 1 unspecified atom stereocenters. The molecule has 0 aromatic carbocycles. The Kier molecular flexibility index (Phi) is 9.21. The molecule has 0 aliphatic carbocycles. The van der Waals surface area contributed by atoms with Gasteiger partial charge in [0.05, 0.1) is 0 Å². The number of nitrogens with one attached hydrogen (secondary N) is 1. The summed E-state index contributed by atoms with van der Waals surface area (Å²) in [5.74, 6) is 0.169. The molecule has 0 spiro atoms. The van der Waals surface area contributed by atoms with Crippen LogP contribution in [0, 0.1) is 0 Å². The molecular formula is C16H26ClN3O2S. The standard InChI is InChI=1S/C16H25N3O2S.ClH/c17-8-6-15(20)18-11-14-3-1-2-9-19(14)16(21)5-4-13-7-10-22-12-13;/h7,10,12,14H,1-6,8-9,11,17H2,(H,18,20);1H. The second kappa shape index (κ2) is 10.6. The molecule has 0 bridgehead atoms. The summed E-state index contributed by atoms with van der Waals surface area (Å²) in [5, 5.41) is 7.03. The molecular weight excluding hydrogens is 334 g/mol. The average molecular weight is 360 g/mol. The van der Waals surface area contributed by atoms with Crippen LogP contribution in [0.4, 0.5) is 0 Å². The second-order valence-electron chi connectivity index (χ2n) is 5.71. The van der Waals surface area contributed by atoms with Gasteiger partial charge in [0, 0.05) is 38.5 Å². The first-order valence-electron chi connectivity index (χ1n) is 7.98. The van der Waals surface area contributed by atoms with Crippen LogP contribution in [-0.4, -0.2) is 42.4 Å². The van der Waals surface area contributed by atoms with Gasteiger partial charge in [-0.15, -0.1) is 12.4 Å². The predicted molar refractivity (Wildman–Crippen MR) is 95.9 cm³/mol. The Morgan fingerprint density at radius 3 is 2.87 bits per heavy atom. The highest BCUT2D eigenvalue weighted by Gasteiger charge is 2.26. The molecule has 2 heterocycles. The van der Waals surface area contributed by atoms with Crippen LogP contribution in [0.1, 0.15) is 37.7 Å². The number of hydrogen-bond acceptors (Lipinski definition) is 4. The van der Waals surface area contributed by atoms with Crippen LogP contribution >= 0.6 is 23.7 Å². The van der Waals surface area contributed by atoms with Crippen molar-refractivity contribution in [2.45, 2.75) is 44.6 Å². The SMILES string of the molecule is Cl.NCCC(=O)NCC1CCCCN1C(=O)CCc1ccsc1. The van der Waals surface area contributed by atoms with Crippen molar-refractivity contribution in [3.8, 4) is 0 Å². The quantitative estimate of drug-likeness (QED) is 0.781. The Balaban J connectivity index is 0.00000264. The molecule has 1 aromatic rings. The van der Waals surface area contributed by atoms with E-state index in [0.29, 0.717) is 25.9 Å². The summed E-state index contributed by atoms with van der Waals surface area (Å²) in [6.45, 7) is 1.71. The van der Waals surface area contributed by atoms with E-state index < -0.39 is 0 Å². The third-order valence-corrected chi connectivity index (χ3v) is 4.79. The number of hydrogen-bond donors (Lipinski definition) is 2. The van der Waals surface area contributed by atoms with Gasteiger partial charge in [-0.3, -0.25) is 9.59 Å². The molecule has 1 aliphatic rings. The summed E-state index contributed by atoms with van der Waals surface area (Å²) < 4.78 is 0. The highest BCUT2D eigenvalue weighted by Crippen LogP contribution is 2.18. The lowest BCUT2D eigenvalue weighted by Crippen LogP contribution is -2.49. The van der Waals surface area contributed by atoms with Crippen LogP contribution in [0.3, 0.4) is 0 Å². The first-order chi connectivity index (χ1) is 10.7. The molecule has 7 heteroatoms. The second-order valence-corrected chi connectivity index (χ2v) is 6.49. The monoisotopic (exact) mass is 359 g/mol. The zero-order chi connectivity index (χ0) is 15.8. The van der Waals surface area contributed by atoms with Crippen molar-refractivity contribution in [1.29, 1.82) is 0 Å². The normalized spacial score (nSPS) is 17.4. The largest absolute Gasteiger partial charge is 0.354 e. The van der Waals surface area contributed by atoms with Gasteiger partial charge >= 0.3 is 0 Å². The molecule has 1 aliphatic heterocycles. The lowest BCUT2D eigenvalue weighted by molar-refractivity contribution is -0.135. The highest BCUT2D eigenvalue weighted by molar-refractivity contribution is 7.07. The van der Waals surface area contributed by atoms with Crippen LogP contribution in [0.25, 0.3) is 0 Å². The van der Waals surface area contributed by atoms with Gasteiger partial charge in [0.15, 0.2) is 0 Å². The Morgan fingerprint density at radius 2 is 2.17 bits per heavy atom. The summed E-state index contributed by atoms with van der Waals surface area (Å²) >= 11 is 1.66. The number of thiophene rings is 1. The van der Waals surface area contributed by atoms with Crippen molar-refractivity contribution < 1.29 is 9.59 Å². The lowest BCUT2D eigenvalue weighted by Gasteiger charge is -2.36. The summed E-state index contributed by atoms with van der Waals surface area (Å²) in [6.07, 6.45) is 4.82. The summed E-state index contributed by atoms with van der Waals surface area (Å²) in [5.41, 5.74) is 6.60. The van der Waals surface area contributed by atoms with E-state index >= 15 is 0 Å². The minimum Gasteiger partial charge on any atom is -0.354 e. The van der Waals surface area contributed by atoms with Gasteiger partial charge in [0.25, 0.3) is 0 Å². The molecule has 1 aromatic heterocycles. The maximum atomic E-state index is 12.5. The van der Waals surface area contributed by atoms with E-state index in [0.717, 1.165) is 32.2 Å². The van der Waals surface area contributed by atoms with Crippen LogP contribution < -0.4 is 11.1 Å². The van der Waals surface area contributed by atoms with E-state index in [9.17, 15) is 9.59 Å². The number of carbonyl (C=O) groups is 2. The average Bonchev–Trinajstić information content (AvgIpc) is 3.04. The zero-order valence-electron chi connectivity index (χ0n) is 13.3. The van der Waals surface area contributed by atoms with Gasteiger partial charge in [-0.25, -0.2) is 0 Å². The number of halogens is 1. The van der Waals surface area contributed by atoms with E-state index in [1.165, 1.54) is 5.56 Å². The van der Waals surface area contributed by atoms with Crippen molar-refractivity contribution in [3.05, 3.63) is 22.4 Å². The number of piperidine rings is 1. The Hall–Kier alpha value is -1.11. The molecule has 5 nitrogen and oxygen atoms in total. The van der Waals surface area contributed by atoms with E-state index in [-0.39, 0.29) is 30.3 Å². The minimum atomic E-state index is -0.0289. The maximum absolute atomic E-state index is 12.5. The molecule has 1 fully saturated rings. The Labute approximate surface area is 148 Å². The first-order valence-corrected chi connectivity index (χ1v) is 8.92. The van der Waals surface area contributed by atoms with Crippen molar-refractivity contribution in [3.63, 3.8) is 0 Å². The minimum absolute atomic E-state index is 0. The topological polar surface area (TPSA) is 75.4 Å². The Bertz CT molecular complexity index is 482. The molecule has 1 saturated heterocycles. The van der Waals surface area contributed by atoms with Crippen LogP contribution in [0.5, 0.6) is 0 Å². The fourth-order valence-corrected chi connectivity index (χ4v) is 3.53. The molecule has 2 amide bonds. The van der Waals surface area contributed by atoms with Crippen LogP contribution in [0.2, 0.25) is 0 Å². The van der Waals surface area contributed by atoms with Gasteiger partial charge < -0.3 is 16.0 Å². The predicted octanol–water partition coefficient (Wildman–Crippen LogP) is 1.95. The zero-order valence-corrected chi connectivity index (χ0v) is 15.0. The maximum Gasteiger partial charge on any atom is 0.223 e. The molecule has 0 saturated carbocycles. The third-order valence-electron chi connectivity index (χ3n) is 4.06. The fourth-order valence-electron chi connectivity index (χ4n) is 2.82. The Morgan fingerprint density at radius 1 is 1.35 bits per heavy atom. The van der Waals surface area contributed by atoms with E-state index in [4.69, 9.17) is 5.73 Å². The molecule has 3 N–H and O–H groups in total. The molecule has 130 valence electrons. The van der Waals surface area contributed by atoms with Crippen molar-refractivity contribution in [2.75, 3.05) is 19.6 Å². The number of amides is 2. The van der Waals surface area contributed by atoms with Gasteiger partial charge in [-0.1, -0.05) is 0 Å². The first kappa shape index (κ1) is 19.9. The third kappa shape index (κ3) is 6.49. The van der Waals surface area contributed by atoms with Gasteiger partial charge in [0.1, 0.15) is 0 Å². The highest BCUT2D eigenvalue weighted by atomic mass is 35.5. The molecule has 23 heavy (non-hydrogen) atoms. The van der Waals surface area contributed by atoms with E-state index in [2.05, 4.69) is 16.8 Å². The van der Waals surface area contributed by atoms with Gasteiger partial charge in [-0.05, 0) is 48.1 Å². The molecule has 0 radical (unpaired) electrons. The van der Waals surface area contributed by atoms with Gasteiger partial charge in [0.2, 0.25) is 11.8 Å². The van der Waals surface area contributed by atoms with Crippen molar-refractivity contribution in [1.82, 2.24) is 10.2 Å². The van der Waals surface area contributed by atoms with Crippen molar-refractivity contribution in [2.24, 2.45) is 5.73 Å². The smallest absolute Gasteiger partial charge is 0.223 e. The number of carbonyl (C=O) groups excluding carboxylic acids is 2. The van der Waals surface area contributed by atoms with Crippen LogP contribution in [0.15, 0.2) is 16.8 Å². The fraction of sp³-hybridized carbons (Fsp3) is 0.625. The molecule has 1 atom stereocenters. The summed E-state index contributed by atoms with van der Waals surface area (Å²) in [4.78, 5) is 26.0. The number of nitrogens with zero attached hydrogens (tertiary/aromatic N) is 1. The number of aryl methyl sites for hydroxylation is 1. The van der Waals surface area contributed by atoms with Crippen molar-refractivity contribution >= 4 is 35.6 Å². The molecule has 2 rings (SSSR count). The lowest BCUT2D eigenvalue weighted by atomic mass is 10.0. The number of nitrogens with two attached hydrogens (primary N) is 1. The summed E-state index contributed by atoms with van der Waals surface area (Å²) in [6, 6.07) is 2.20. The van der Waals surface area contributed by atoms with Crippen LogP contribution in [-0.2, 0) is 16.0 Å². The van der Waals surface area contributed by atoms with E-state index in [1.54, 1.807) is 11.3 Å². The summed E-state index contributed by atoms with van der Waals surface area (Å²) in [7, 11) is 0. The van der Waals surface area contributed by atoms with Gasteiger partial charge in [-0.2, -0.15) is 11.3 Å². The van der Waals surface area contributed by atoms with E-state index in [1.807, 2.05) is 10.3 Å². The number of rotatable bonds is 7.